The van der Waals surface area contributed by atoms with Crippen LogP contribution in [0.4, 0.5) is 0 Å². The normalized spacial score (nSPS) is 15.7. The highest BCUT2D eigenvalue weighted by Crippen LogP contribution is 2.54. The molecule has 1 atom stereocenters. The summed E-state index contributed by atoms with van der Waals surface area (Å²) in [5.41, 5.74) is 7.05. The Morgan fingerprint density at radius 2 is 1.22 bits per heavy atom. The Balaban J connectivity index is 2.10. The number of aryl methyl sites for hydroxylation is 5. The van der Waals surface area contributed by atoms with Gasteiger partial charge in [-0.25, -0.2) is 0 Å². The van der Waals surface area contributed by atoms with Crippen molar-refractivity contribution in [3.05, 3.63) is 69.3 Å². The molecule has 2 nitrogen and oxygen atoms in total. The van der Waals surface area contributed by atoms with Gasteiger partial charge in [0.25, 0.3) is 0 Å². The molecule has 0 aliphatic heterocycles. The SMILES string of the molecule is Cc1cc(C)c(C(=O)P(C(=O)c2c(C)cccc2C)C2CCCC2)c(C)c1. The predicted octanol–water partition coefficient (Wildman–Crippen LogP) is 6.63. The minimum Gasteiger partial charge on any atom is -0.289 e. The topological polar surface area (TPSA) is 34.1 Å². The standard InChI is InChI=1S/C24H29O2P/c1-15-13-18(4)22(19(5)14-15)24(26)27(20-11-6-7-12-20)23(25)21-16(2)9-8-10-17(21)3/h8-10,13-14,20H,6-7,11-12H2,1-5H3. The molecule has 2 aromatic rings. The van der Waals surface area contributed by atoms with Crippen molar-refractivity contribution in [1.29, 1.82) is 0 Å². The molecule has 3 heteroatoms. The zero-order valence-corrected chi connectivity index (χ0v) is 18.0. The summed E-state index contributed by atoms with van der Waals surface area (Å²) in [4.78, 5) is 27.4. The molecule has 1 aliphatic rings. The minimum absolute atomic E-state index is 0.0804. The second-order valence-corrected chi connectivity index (χ2v) is 10.2. The van der Waals surface area contributed by atoms with Gasteiger partial charge in [0.2, 0.25) is 0 Å². The van der Waals surface area contributed by atoms with E-state index < -0.39 is 7.92 Å². The van der Waals surface area contributed by atoms with E-state index in [9.17, 15) is 9.59 Å². The van der Waals surface area contributed by atoms with Crippen molar-refractivity contribution in [3.63, 3.8) is 0 Å². The highest BCUT2D eigenvalue weighted by molar-refractivity contribution is 7.90. The molecule has 0 saturated heterocycles. The van der Waals surface area contributed by atoms with Crippen LogP contribution in [0, 0.1) is 34.6 Å². The van der Waals surface area contributed by atoms with Crippen molar-refractivity contribution < 1.29 is 9.59 Å². The first kappa shape index (κ1) is 20.0. The fourth-order valence-corrected chi connectivity index (χ4v) is 7.41. The molecule has 0 spiro atoms. The molecule has 1 saturated carbocycles. The fourth-order valence-electron chi connectivity index (χ4n) is 4.50. The van der Waals surface area contributed by atoms with Gasteiger partial charge < -0.3 is 0 Å². The molecule has 3 rings (SSSR count). The lowest BCUT2D eigenvalue weighted by atomic mass is 10.0. The van der Waals surface area contributed by atoms with Crippen molar-refractivity contribution >= 4 is 19.0 Å². The largest absolute Gasteiger partial charge is 0.289 e. The number of rotatable bonds is 5. The van der Waals surface area contributed by atoms with Crippen molar-refractivity contribution in [2.75, 3.05) is 0 Å². The van der Waals surface area contributed by atoms with Gasteiger partial charge in [-0.05, 0) is 75.4 Å². The molecule has 27 heavy (non-hydrogen) atoms. The van der Waals surface area contributed by atoms with Crippen LogP contribution < -0.4 is 0 Å². The molecule has 1 unspecified atom stereocenters. The van der Waals surface area contributed by atoms with Crippen LogP contribution in [0.25, 0.3) is 0 Å². The summed E-state index contributed by atoms with van der Waals surface area (Å²) in [6, 6.07) is 10.1. The van der Waals surface area contributed by atoms with Gasteiger partial charge in [0.1, 0.15) is 0 Å². The van der Waals surface area contributed by atoms with E-state index in [-0.39, 0.29) is 16.7 Å². The van der Waals surface area contributed by atoms with Crippen LogP contribution in [-0.4, -0.2) is 16.7 Å². The molecule has 0 heterocycles. The molecule has 2 aromatic carbocycles. The number of carbonyl (C=O) groups is 2. The molecule has 1 fully saturated rings. The third-order valence-electron chi connectivity index (χ3n) is 5.71. The minimum atomic E-state index is -1.39. The van der Waals surface area contributed by atoms with Crippen LogP contribution in [0.1, 0.15) is 74.2 Å². The van der Waals surface area contributed by atoms with Crippen molar-refractivity contribution in [2.24, 2.45) is 0 Å². The van der Waals surface area contributed by atoms with E-state index in [1.807, 2.05) is 45.9 Å². The van der Waals surface area contributed by atoms with Gasteiger partial charge in [0.15, 0.2) is 11.0 Å². The van der Waals surface area contributed by atoms with Crippen LogP contribution in [-0.2, 0) is 0 Å². The highest BCUT2D eigenvalue weighted by Gasteiger charge is 2.38. The van der Waals surface area contributed by atoms with Gasteiger partial charge in [-0.2, -0.15) is 0 Å². The van der Waals surface area contributed by atoms with E-state index >= 15 is 0 Å². The average Bonchev–Trinajstić information content (AvgIpc) is 3.08. The molecule has 1 aliphatic carbocycles. The lowest BCUT2D eigenvalue weighted by Gasteiger charge is -2.24. The summed E-state index contributed by atoms with van der Waals surface area (Å²) in [7, 11) is -1.39. The Morgan fingerprint density at radius 3 is 1.70 bits per heavy atom. The summed E-state index contributed by atoms with van der Waals surface area (Å²) in [5.74, 6) is 0. The molecular formula is C24H29O2P. The molecule has 0 bridgehead atoms. The van der Waals surface area contributed by atoms with E-state index in [2.05, 4.69) is 19.1 Å². The van der Waals surface area contributed by atoms with E-state index in [0.717, 1.165) is 64.6 Å². The van der Waals surface area contributed by atoms with Crippen LogP contribution in [0.5, 0.6) is 0 Å². The zero-order chi connectivity index (χ0) is 19.7. The molecule has 0 amide bonds. The molecule has 142 valence electrons. The quantitative estimate of drug-likeness (QED) is 0.545. The van der Waals surface area contributed by atoms with Gasteiger partial charge in [0, 0.05) is 19.0 Å². The van der Waals surface area contributed by atoms with Gasteiger partial charge in [0.05, 0.1) is 0 Å². The van der Waals surface area contributed by atoms with Crippen LogP contribution in [0.3, 0.4) is 0 Å². The van der Waals surface area contributed by atoms with E-state index in [0.29, 0.717) is 0 Å². The van der Waals surface area contributed by atoms with Crippen LogP contribution in [0.15, 0.2) is 30.3 Å². The number of hydrogen-bond acceptors (Lipinski definition) is 2. The van der Waals surface area contributed by atoms with Gasteiger partial charge in [-0.15, -0.1) is 0 Å². The maximum atomic E-state index is 13.7. The molecule has 0 radical (unpaired) electrons. The number of carbonyl (C=O) groups excluding carboxylic acids is 2. The Labute approximate surface area is 164 Å². The molecular weight excluding hydrogens is 351 g/mol. The highest BCUT2D eigenvalue weighted by atomic mass is 31.1. The Bertz CT molecular complexity index is 848. The van der Waals surface area contributed by atoms with Gasteiger partial charge >= 0.3 is 0 Å². The summed E-state index contributed by atoms with van der Waals surface area (Å²) >= 11 is 0. The average molecular weight is 380 g/mol. The van der Waals surface area contributed by atoms with E-state index in [1.54, 1.807) is 0 Å². The summed E-state index contributed by atoms with van der Waals surface area (Å²) in [6.45, 7) is 10.0. The Kier molecular flexibility index (Phi) is 5.96. The van der Waals surface area contributed by atoms with Crippen LogP contribution in [0.2, 0.25) is 0 Å². The smallest absolute Gasteiger partial charge is 0.192 e. The molecule has 0 N–H and O–H groups in total. The Morgan fingerprint density at radius 1 is 0.778 bits per heavy atom. The first-order chi connectivity index (χ1) is 12.8. The summed E-state index contributed by atoms with van der Waals surface area (Å²) < 4.78 is 0. The van der Waals surface area contributed by atoms with Crippen molar-refractivity contribution in [3.8, 4) is 0 Å². The van der Waals surface area contributed by atoms with E-state index in [1.165, 1.54) is 0 Å². The first-order valence-corrected chi connectivity index (χ1v) is 11.2. The van der Waals surface area contributed by atoms with E-state index in [4.69, 9.17) is 0 Å². The first-order valence-electron chi connectivity index (χ1n) is 9.83. The van der Waals surface area contributed by atoms with Gasteiger partial charge in [-0.3, -0.25) is 9.59 Å². The van der Waals surface area contributed by atoms with Crippen LogP contribution >= 0.6 is 7.92 Å². The monoisotopic (exact) mass is 380 g/mol. The third kappa shape index (κ3) is 3.92. The number of benzene rings is 2. The second kappa shape index (κ2) is 8.07. The van der Waals surface area contributed by atoms with Gasteiger partial charge in [-0.1, -0.05) is 48.7 Å². The Hall–Kier alpha value is -1.79. The van der Waals surface area contributed by atoms with Crippen molar-refractivity contribution in [1.82, 2.24) is 0 Å². The number of hydrogen-bond donors (Lipinski definition) is 0. The maximum absolute atomic E-state index is 13.7. The second-order valence-electron chi connectivity index (χ2n) is 7.96. The summed E-state index contributed by atoms with van der Waals surface area (Å²) in [6.07, 6.45) is 4.25. The maximum Gasteiger partial charge on any atom is 0.192 e. The lowest BCUT2D eigenvalue weighted by Crippen LogP contribution is -2.18. The lowest BCUT2D eigenvalue weighted by molar-refractivity contribution is 0.104. The fraction of sp³-hybridized carbons (Fsp3) is 0.417. The van der Waals surface area contributed by atoms with Crippen molar-refractivity contribution in [2.45, 2.75) is 66.0 Å². The third-order valence-corrected chi connectivity index (χ3v) is 8.28. The molecule has 0 aromatic heterocycles. The predicted molar refractivity (Wildman–Crippen MR) is 114 cm³/mol. The summed E-state index contributed by atoms with van der Waals surface area (Å²) in [5, 5.41) is 0. The zero-order valence-electron chi connectivity index (χ0n) is 17.1.